The van der Waals surface area contributed by atoms with Gasteiger partial charge in [-0.05, 0) is 48.9 Å². The van der Waals surface area contributed by atoms with Gasteiger partial charge < -0.3 is 9.47 Å². The van der Waals surface area contributed by atoms with Gasteiger partial charge in [0, 0.05) is 12.1 Å². The van der Waals surface area contributed by atoms with Crippen molar-refractivity contribution >= 4 is 34.6 Å². The maximum absolute atomic E-state index is 13.0. The number of nitrogens with zero attached hydrogens (tertiary/aromatic N) is 2. The zero-order valence-electron chi connectivity index (χ0n) is 17.6. The van der Waals surface area contributed by atoms with Gasteiger partial charge in [-0.25, -0.2) is 4.99 Å². The van der Waals surface area contributed by atoms with Gasteiger partial charge in [-0.1, -0.05) is 49.9 Å². The minimum absolute atomic E-state index is 0.0623. The van der Waals surface area contributed by atoms with Crippen LogP contribution in [0.2, 0.25) is 0 Å². The van der Waals surface area contributed by atoms with Crippen LogP contribution in [0.4, 0.5) is 5.69 Å². The molecule has 1 amide bonds. The highest BCUT2D eigenvalue weighted by molar-refractivity contribution is 8.18. The Bertz CT molecular complexity index is 998. The molecule has 6 heteroatoms. The van der Waals surface area contributed by atoms with Gasteiger partial charge in [0.2, 0.25) is 0 Å². The number of amidine groups is 1. The number of ether oxygens (including phenoxy) is 2. The first kappa shape index (κ1) is 21.7. The summed E-state index contributed by atoms with van der Waals surface area (Å²) in [7, 11) is 1.59. The minimum atomic E-state index is -0.0623. The van der Waals surface area contributed by atoms with Crippen LogP contribution in [-0.2, 0) is 11.2 Å². The first-order valence-corrected chi connectivity index (χ1v) is 10.7. The van der Waals surface area contributed by atoms with E-state index in [0.29, 0.717) is 34.7 Å². The predicted octanol–water partition coefficient (Wildman–Crippen LogP) is 5.45. The first-order chi connectivity index (χ1) is 14.6. The Balaban J connectivity index is 2.00. The molecule has 0 N–H and O–H groups in total. The molecule has 156 valence electrons. The third-order valence-electron chi connectivity index (χ3n) is 4.65. The lowest BCUT2D eigenvalue weighted by molar-refractivity contribution is -0.122. The number of hydrogen-bond donors (Lipinski definition) is 0. The Hall–Kier alpha value is -2.99. The average molecular weight is 423 g/mol. The molecule has 0 atom stereocenters. The summed E-state index contributed by atoms with van der Waals surface area (Å²) in [5.41, 5.74) is 2.82. The van der Waals surface area contributed by atoms with E-state index < -0.39 is 0 Å². The summed E-state index contributed by atoms with van der Waals surface area (Å²) in [5, 5.41) is 0.686. The van der Waals surface area contributed by atoms with Crippen LogP contribution >= 0.6 is 11.8 Å². The van der Waals surface area contributed by atoms with Gasteiger partial charge in [-0.2, -0.15) is 0 Å². The number of rotatable bonds is 8. The molecule has 30 heavy (non-hydrogen) atoms. The largest absolute Gasteiger partial charge is 0.493 e. The van der Waals surface area contributed by atoms with Crippen molar-refractivity contribution in [3.8, 4) is 11.5 Å². The lowest BCUT2D eigenvalue weighted by Crippen LogP contribution is -2.28. The summed E-state index contributed by atoms with van der Waals surface area (Å²) in [6, 6.07) is 13.6. The van der Waals surface area contributed by atoms with Crippen molar-refractivity contribution in [2.45, 2.75) is 20.3 Å². The number of likely N-dealkylation sites (N-methyl/N-ethyl adjacent to an activating group) is 1. The van der Waals surface area contributed by atoms with Crippen molar-refractivity contribution in [1.82, 2.24) is 4.90 Å². The molecule has 0 bridgehead atoms. The lowest BCUT2D eigenvalue weighted by atomic mass is 10.1. The number of carbonyl (C=O) groups excluding carboxylic acids is 1. The summed E-state index contributed by atoms with van der Waals surface area (Å²) in [6.07, 6.45) is 4.40. The molecule has 1 heterocycles. The molecule has 0 unspecified atom stereocenters. The Labute approximate surface area is 182 Å². The summed E-state index contributed by atoms with van der Waals surface area (Å²) in [6.45, 7) is 8.65. The van der Waals surface area contributed by atoms with E-state index in [1.165, 1.54) is 11.8 Å². The molecule has 0 radical (unpaired) electrons. The molecule has 1 saturated heterocycles. The van der Waals surface area contributed by atoms with Crippen molar-refractivity contribution in [2.75, 3.05) is 20.3 Å². The second-order valence-corrected chi connectivity index (χ2v) is 7.52. The van der Waals surface area contributed by atoms with Crippen molar-refractivity contribution in [3.05, 3.63) is 71.2 Å². The normalized spacial score (nSPS) is 16.4. The zero-order chi connectivity index (χ0) is 21.5. The van der Waals surface area contributed by atoms with Gasteiger partial charge in [0.25, 0.3) is 5.91 Å². The van der Waals surface area contributed by atoms with Crippen molar-refractivity contribution in [2.24, 2.45) is 4.99 Å². The van der Waals surface area contributed by atoms with E-state index >= 15 is 0 Å². The van der Waals surface area contributed by atoms with E-state index in [4.69, 9.17) is 14.5 Å². The number of aryl methyl sites for hydroxylation is 1. The summed E-state index contributed by atoms with van der Waals surface area (Å²) >= 11 is 1.38. The summed E-state index contributed by atoms with van der Waals surface area (Å²) in [5.74, 6) is 1.14. The zero-order valence-corrected chi connectivity index (χ0v) is 18.4. The van der Waals surface area contributed by atoms with Crippen LogP contribution in [0.5, 0.6) is 11.5 Å². The van der Waals surface area contributed by atoms with E-state index in [1.54, 1.807) is 18.1 Å². The molecule has 1 aliphatic rings. The van der Waals surface area contributed by atoms with Crippen LogP contribution in [-0.4, -0.2) is 36.2 Å². The second kappa shape index (κ2) is 10.2. The van der Waals surface area contributed by atoms with Gasteiger partial charge in [0.15, 0.2) is 16.7 Å². The molecule has 1 fully saturated rings. The van der Waals surface area contributed by atoms with Crippen LogP contribution in [0, 0.1) is 0 Å². The quantitative estimate of drug-likeness (QED) is 0.419. The fraction of sp³-hybridized carbons (Fsp3) is 0.250. The smallest absolute Gasteiger partial charge is 0.266 e. The van der Waals surface area contributed by atoms with Crippen molar-refractivity contribution in [1.29, 1.82) is 0 Å². The van der Waals surface area contributed by atoms with Gasteiger partial charge >= 0.3 is 0 Å². The highest BCUT2D eigenvalue weighted by Crippen LogP contribution is 2.38. The molecule has 3 rings (SSSR count). The fourth-order valence-corrected chi connectivity index (χ4v) is 4.18. The Morgan fingerprint density at radius 1 is 1.17 bits per heavy atom. The van der Waals surface area contributed by atoms with E-state index in [-0.39, 0.29) is 5.91 Å². The standard InChI is InChI=1S/C24H26N2O3S/c1-5-15-29-22-18(12-10-14-20(22)28-4)16-21-23(27)26(7-3)24(30-21)25-19-13-9-8-11-17(19)6-2/h5,8-14,16H,1,6-7,15H2,2-4H3/b21-16+,25-24?. The highest BCUT2D eigenvalue weighted by atomic mass is 32.2. The number of thioether (sulfide) groups is 1. The third-order valence-corrected chi connectivity index (χ3v) is 5.66. The predicted molar refractivity (Wildman–Crippen MR) is 125 cm³/mol. The van der Waals surface area contributed by atoms with Crippen LogP contribution < -0.4 is 9.47 Å². The SMILES string of the molecule is C=CCOc1c(/C=C2/SC(=Nc3ccccc3CC)N(CC)C2=O)cccc1OC. The summed E-state index contributed by atoms with van der Waals surface area (Å²) in [4.78, 5) is 20.1. The molecule has 1 aliphatic heterocycles. The maximum Gasteiger partial charge on any atom is 0.266 e. The van der Waals surface area contributed by atoms with Crippen molar-refractivity contribution in [3.63, 3.8) is 0 Å². The molecule has 0 aromatic heterocycles. The van der Waals surface area contributed by atoms with Crippen LogP contribution in [0.15, 0.2) is 65.0 Å². The van der Waals surface area contributed by atoms with Crippen LogP contribution in [0.25, 0.3) is 6.08 Å². The molecular weight excluding hydrogens is 396 g/mol. The molecule has 2 aromatic rings. The number of amides is 1. The number of benzene rings is 2. The van der Waals surface area contributed by atoms with Crippen molar-refractivity contribution < 1.29 is 14.3 Å². The van der Waals surface area contributed by atoms with Gasteiger partial charge in [-0.15, -0.1) is 0 Å². The molecule has 2 aromatic carbocycles. The van der Waals surface area contributed by atoms with Crippen LogP contribution in [0.3, 0.4) is 0 Å². The molecule has 0 spiro atoms. The highest BCUT2D eigenvalue weighted by Gasteiger charge is 2.32. The van der Waals surface area contributed by atoms with E-state index in [1.807, 2.05) is 49.4 Å². The number of methoxy groups -OCH3 is 1. The molecular formula is C24H26N2O3S. The maximum atomic E-state index is 13.0. The third kappa shape index (κ3) is 4.60. The van der Waals surface area contributed by atoms with E-state index in [2.05, 4.69) is 19.6 Å². The van der Waals surface area contributed by atoms with Gasteiger partial charge in [0.1, 0.15) is 6.61 Å². The molecule has 0 saturated carbocycles. The Kier molecular flexibility index (Phi) is 7.36. The monoisotopic (exact) mass is 422 g/mol. The number of hydrogen-bond acceptors (Lipinski definition) is 5. The minimum Gasteiger partial charge on any atom is -0.493 e. The van der Waals surface area contributed by atoms with Crippen LogP contribution in [0.1, 0.15) is 25.0 Å². The number of carbonyl (C=O) groups is 1. The summed E-state index contributed by atoms with van der Waals surface area (Å²) < 4.78 is 11.2. The van der Waals surface area contributed by atoms with Gasteiger partial charge in [-0.3, -0.25) is 9.69 Å². The molecule has 0 aliphatic carbocycles. The molecule has 5 nitrogen and oxygen atoms in total. The van der Waals surface area contributed by atoms with Gasteiger partial charge in [0.05, 0.1) is 17.7 Å². The number of aliphatic imine (C=N–C) groups is 1. The Morgan fingerprint density at radius 3 is 2.67 bits per heavy atom. The van der Waals surface area contributed by atoms with E-state index in [0.717, 1.165) is 23.2 Å². The average Bonchev–Trinajstić information content (AvgIpc) is 3.06. The number of para-hydroxylation sites is 2. The second-order valence-electron chi connectivity index (χ2n) is 6.52. The Morgan fingerprint density at radius 2 is 1.97 bits per heavy atom. The van der Waals surface area contributed by atoms with E-state index in [9.17, 15) is 4.79 Å². The topological polar surface area (TPSA) is 51.1 Å². The first-order valence-electron chi connectivity index (χ1n) is 9.91. The fourth-order valence-electron chi connectivity index (χ4n) is 3.14. The lowest BCUT2D eigenvalue weighted by Gasteiger charge is -2.13.